The number of piperazine rings is 1. The molecule has 0 spiro atoms. The van der Waals surface area contributed by atoms with Gasteiger partial charge in [0.2, 0.25) is 5.91 Å². The zero-order chi connectivity index (χ0) is 19.1. The van der Waals surface area contributed by atoms with Gasteiger partial charge < -0.3 is 20.9 Å². The predicted molar refractivity (Wildman–Crippen MR) is 106 cm³/mol. The number of hydrogen-bond donors (Lipinski definition) is 2. The first-order valence-corrected chi connectivity index (χ1v) is 9.94. The van der Waals surface area contributed by atoms with E-state index in [0.29, 0.717) is 31.4 Å². The first-order valence-electron chi connectivity index (χ1n) is 9.94. The van der Waals surface area contributed by atoms with E-state index in [1.807, 2.05) is 0 Å². The fourth-order valence-electron chi connectivity index (χ4n) is 3.86. The fourth-order valence-corrected chi connectivity index (χ4v) is 3.86. The molecule has 0 atom stereocenters. The van der Waals surface area contributed by atoms with Gasteiger partial charge in [0.15, 0.2) is 5.96 Å². The molecule has 148 valence electrons. The predicted octanol–water partition coefficient (Wildman–Crippen LogP) is 1.96. The molecule has 1 aromatic rings. The maximum Gasteiger partial charge on any atom is 0.220 e. The number of guanidine groups is 1. The summed E-state index contributed by atoms with van der Waals surface area (Å²) in [6, 6.07) is 6.57. The molecule has 1 aliphatic heterocycles. The summed E-state index contributed by atoms with van der Waals surface area (Å²) in [5, 5.41) is 2.94. The number of anilines is 1. The van der Waals surface area contributed by atoms with Crippen LogP contribution in [0.2, 0.25) is 0 Å². The summed E-state index contributed by atoms with van der Waals surface area (Å²) in [5.74, 6) is 1.00. The molecule has 0 bridgehead atoms. The summed E-state index contributed by atoms with van der Waals surface area (Å²) in [6.07, 6.45) is 5.52. The van der Waals surface area contributed by atoms with Gasteiger partial charge in [0, 0.05) is 44.8 Å². The van der Waals surface area contributed by atoms with E-state index in [-0.39, 0.29) is 11.7 Å². The Labute approximate surface area is 160 Å². The van der Waals surface area contributed by atoms with Crippen LogP contribution in [-0.2, 0) is 4.79 Å². The first kappa shape index (κ1) is 19.5. The van der Waals surface area contributed by atoms with Crippen LogP contribution in [0.1, 0.15) is 32.1 Å². The van der Waals surface area contributed by atoms with Gasteiger partial charge in [-0.1, -0.05) is 12.8 Å². The zero-order valence-corrected chi connectivity index (χ0v) is 15.9. The second-order valence-corrected chi connectivity index (χ2v) is 7.39. The Morgan fingerprint density at radius 3 is 2.48 bits per heavy atom. The summed E-state index contributed by atoms with van der Waals surface area (Å²) in [5.41, 5.74) is 7.12. The average Bonchev–Trinajstić information content (AvgIpc) is 3.19. The maximum absolute atomic E-state index is 13.0. The largest absolute Gasteiger partial charge is 0.370 e. The molecule has 1 heterocycles. The summed E-state index contributed by atoms with van der Waals surface area (Å²) >= 11 is 0. The van der Waals surface area contributed by atoms with Crippen molar-refractivity contribution >= 4 is 17.6 Å². The standard InChI is InChI=1S/C20H30FN5O/c21-17-5-7-18(8-6-17)25-11-13-26(14-12-25)20(22)24-10-9-23-19(27)15-16-3-1-2-4-16/h5-8,16H,1-4,9-15H2,(H2,22,24)(H,23,27). The third-order valence-corrected chi connectivity index (χ3v) is 5.45. The van der Waals surface area contributed by atoms with E-state index in [4.69, 9.17) is 5.73 Å². The molecular weight excluding hydrogens is 345 g/mol. The van der Waals surface area contributed by atoms with Crippen molar-refractivity contribution in [2.45, 2.75) is 32.1 Å². The minimum absolute atomic E-state index is 0.128. The van der Waals surface area contributed by atoms with Crippen LogP contribution < -0.4 is 16.0 Å². The van der Waals surface area contributed by atoms with E-state index in [1.165, 1.54) is 37.8 Å². The SMILES string of the molecule is NC(=NCCNC(=O)CC1CCCC1)N1CCN(c2ccc(F)cc2)CC1. The average molecular weight is 375 g/mol. The van der Waals surface area contributed by atoms with Crippen LogP contribution in [-0.4, -0.2) is 56.0 Å². The minimum Gasteiger partial charge on any atom is -0.370 e. The van der Waals surface area contributed by atoms with Gasteiger partial charge in [-0.25, -0.2) is 4.39 Å². The van der Waals surface area contributed by atoms with Gasteiger partial charge in [0.1, 0.15) is 5.82 Å². The highest BCUT2D eigenvalue weighted by Crippen LogP contribution is 2.27. The Hall–Kier alpha value is -2.31. The fraction of sp³-hybridized carbons (Fsp3) is 0.600. The monoisotopic (exact) mass is 375 g/mol. The van der Waals surface area contributed by atoms with Crippen LogP contribution in [0.15, 0.2) is 29.3 Å². The van der Waals surface area contributed by atoms with Gasteiger partial charge in [-0.2, -0.15) is 0 Å². The van der Waals surface area contributed by atoms with Crippen LogP contribution in [0.4, 0.5) is 10.1 Å². The number of hydrogen-bond acceptors (Lipinski definition) is 3. The van der Waals surface area contributed by atoms with Gasteiger partial charge in [-0.05, 0) is 43.0 Å². The van der Waals surface area contributed by atoms with Gasteiger partial charge >= 0.3 is 0 Å². The lowest BCUT2D eigenvalue weighted by Crippen LogP contribution is -2.51. The molecule has 1 saturated heterocycles. The number of rotatable bonds is 6. The third kappa shape index (κ3) is 5.84. The smallest absolute Gasteiger partial charge is 0.220 e. The number of nitrogens with two attached hydrogens (primary N) is 1. The molecule has 1 amide bonds. The lowest BCUT2D eigenvalue weighted by molar-refractivity contribution is -0.121. The summed E-state index contributed by atoms with van der Waals surface area (Å²) in [4.78, 5) is 20.6. The van der Waals surface area contributed by atoms with Crippen molar-refractivity contribution < 1.29 is 9.18 Å². The summed E-state index contributed by atoms with van der Waals surface area (Å²) in [7, 11) is 0. The molecule has 6 nitrogen and oxygen atoms in total. The number of amides is 1. The quantitative estimate of drug-likeness (QED) is 0.453. The van der Waals surface area contributed by atoms with E-state index in [1.54, 1.807) is 12.1 Å². The van der Waals surface area contributed by atoms with Gasteiger partial charge in [-0.15, -0.1) is 0 Å². The van der Waals surface area contributed by atoms with E-state index in [2.05, 4.69) is 20.1 Å². The number of aliphatic imine (C=N–C) groups is 1. The van der Waals surface area contributed by atoms with Crippen molar-refractivity contribution in [1.82, 2.24) is 10.2 Å². The van der Waals surface area contributed by atoms with Crippen molar-refractivity contribution in [2.24, 2.45) is 16.6 Å². The number of nitrogens with zero attached hydrogens (tertiary/aromatic N) is 3. The summed E-state index contributed by atoms with van der Waals surface area (Å²) < 4.78 is 13.0. The molecule has 3 N–H and O–H groups in total. The topological polar surface area (TPSA) is 74.0 Å². The molecule has 0 radical (unpaired) electrons. The zero-order valence-electron chi connectivity index (χ0n) is 15.9. The second-order valence-electron chi connectivity index (χ2n) is 7.39. The molecule has 27 heavy (non-hydrogen) atoms. The molecule has 1 aliphatic carbocycles. The normalized spacial score (nSPS) is 18.8. The highest BCUT2D eigenvalue weighted by atomic mass is 19.1. The van der Waals surface area contributed by atoms with E-state index < -0.39 is 0 Å². The molecule has 2 fully saturated rings. The molecule has 0 aromatic heterocycles. The number of halogens is 1. The van der Waals surface area contributed by atoms with Crippen molar-refractivity contribution in [3.8, 4) is 0 Å². The van der Waals surface area contributed by atoms with Crippen LogP contribution >= 0.6 is 0 Å². The summed E-state index contributed by atoms with van der Waals surface area (Å²) in [6.45, 7) is 4.23. The Balaban J connectivity index is 1.35. The Morgan fingerprint density at radius 1 is 1.15 bits per heavy atom. The van der Waals surface area contributed by atoms with Crippen LogP contribution in [0, 0.1) is 11.7 Å². The molecule has 3 rings (SSSR count). The van der Waals surface area contributed by atoms with Crippen LogP contribution in [0.3, 0.4) is 0 Å². The number of carbonyl (C=O) groups is 1. The molecule has 1 saturated carbocycles. The van der Waals surface area contributed by atoms with E-state index in [9.17, 15) is 9.18 Å². The van der Waals surface area contributed by atoms with Crippen molar-refractivity contribution in [3.63, 3.8) is 0 Å². The lowest BCUT2D eigenvalue weighted by Gasteiger charge is -2.36. The van der Waals surface area contributed by atoms with Gasteiger partial charge in [0.05, 0.1) is 6.54 Å². The minimum atomic E-state index is -0.218. The van der Waals surface area contributed by atoms with Crippen LogP contribution in [0.25, 0.3) is 0 Å². The molecule has 1 aromatic carbocycles. The maximum atomic E-state index is 13.0. The molecule has 2 aliphatic rings. The Morgan fingerprint density at radius 2 is 1.81 bits per heavy atom. The lowest BCUT2D eigenvalue weighted by atomic mass is 10.0. The Kier molecular flexibility index (Phi) is 6.90. The molecule has 0 unspecified atom stereocenters. The molecular formula is C20H30FN5O. The van der Waals surface area contributed by atoms with Crippen molar-refractivity contribution in [3.05, 3.63) is 30.1 Å². The number of carbonyl (C=O) groups excluding carboxylic acids is 1. The van der Waals surface area contributed by atoms with Crippen molar-refractivity contribution in [2.75, 3.05) is 44.2 Å². The van der Waals surface area contributed by atoms with E-state index in [0.717, 1.165) is 31.9 Å². The highest BCUT2D eigenvalue weighted by molar-refractivity contribution is 5.78. The van der Waals surface area contributed by atoms with E-state index >= 15 is 0 Å². The second kappa shape index (κ2) is 9.58. The molecule has 7 heteroatoms. The number of benzene rings is 1. The Bertz CT molecular complexity index is 634. The van der Waals surface area contributed by atoms with Crippen molar-refractivity contribution in [1.29, 1.82) is 0 Å². The number of nitrogens with one attached hydrogen (secondary N) is 1. The van der Waals surface area contributed by atoms with Crippen LogP contribution in [0.5, 0.6) is 0 Å². The van der Waals surface area contributed by atoms with Gasteiger partial charge in [0.25, 0.3) is 0 Å². The van der Waals surface area contributed by atoms with Gasteiger partial charge in [-0.3, -0.25) is 9.79 Å². The highest BCUT2D eigenvalue weighted by Gasteiger charge is 2.19. The third-order valence-electron chi connectivity index (χ3n) is 5.45. The first-order chi connectivity index (χ1) is 13.1.